The number of unbranched alkanes of at least 4 members (excludes halogenated alkanes) is 6. The van der Waals surface area contributed by atoms with Crippen molar-refractivity contribution in [3.63, 3.8) is 0 Å². The molecule has 0 aliphatic carbocycles. The standard InChI is InChI=1S/C23H38F2O2/c1-5-6-7-8-9-10-14-20(23(2,26-3)27-4)15-12-11-13-19-16-17-21(24)18-22(19)25/h16-18,20H,5-15H2,1-4H3. The molecule has 0 N–H and O–H groups in total. The molecule has 0 heterocycles. The summed E-state index contributed by atoms with van der Waals surface area (Å²) >= 11 is 0. The van der Waals surface area contributed by atoms with E-state index in [1.54, 1.807) is 20.3 Å². The lowest BCUT2D eigenvalue weighted by molar-refractivity contribution is -0.230. The molecule has 1 rings (SSSR count). The summed E-state index contributed by atoms with van der Waals surface area (Å²) in [4.78, 5) is 0. The van der Waals surface area contributed by atoms with Crippen LogP contribution >= 0.6 is 0 Å². The summed E-state index contributed by atoms with van der Waals surface area (Å²) in [7, 11) is 3.40. The van der Waals surface area contributed by atoms with Crippen LogP contribution in [-0.4, -0.2) is 20.0 Å². The van der Waals surface area contributed by atoms with Crippen molar-refractivity contribution in [3.8, 4) is 0 Å². The zero-order chi connectivity index (χ0) is 20.1. The summed E-state index contributed by atoms with van der Waals surface area (Å²) in [6.45, 7) is 4.24. The van der Waals surface area contributed by atoms with Crippen LogP contribution < -0.4 is 0 Å². The van der Waals surface area contributed by atoms with Gasteiger partial charge in [-0.1, -0.05) is 57.9 Å². The third kappa shape index (κ3) is 8.69. The van der Waals surface area contributed by atoms with Crippen LogP contribution in [0.1, 0.15) is 83.6 Å². The van der Waals surface area contributed by atoms with Gasteiger partial charge in [0.2, 0.25) is 0 Å². The Morgan fingerprint density at radius 1 is 0.889 bits per heavy atom. The zero-order valence-corrected chi connectivity index (χ0v) is 17.7. The lowest BCUT2D eigenvalue weighted by Gasteiger charge is -2.35. The SMILES string of the molecule is CCCCCCCCC(CCCCc1ccc(F)cc1F)C(C)(OC)OC. The maximum absolute atomic E-state index is 13.7. The second-order valence-electron chi connectivity index (χ2n) is 7.66. The molecule has 0 bridgehead atoms. The van der Waals surface area contributed by atoms with E-state index in [1.807, 2.05) is 6.92 Å². The van der Waals surface area contributed by atoms with Gasteiger partial charge in [0.1, 0.15) is 11.6 Å². The van der Waals surface area contributed by atoms with E-state index < -0.39 is 17.4 Å². The summed E-state index contributed by atoms with van der Waals surface area (Å²) in [5.74, 6) is -1.23. The quantitative estimate of drug-likeness (QED) is 0.238. The van der Waals surface area contributed by atoms with Crippen molar-refractivity contribution < 1.29 is 18.3 Å². The van der Waals surface area contributed by atoms with E-state index in [2.05, 4.69) is 6.92 Å². The lowest BCUT2D eigenvalue weighted by Crippen LogP contribution is -2.39. The van der Waals surface area contributed by atoms with Gasteiger partial charge in [0.15, 0.2) is 5.79 Å². The molecule has 0 fully saturated rings. The maximum Gasteiger partial charge on any atom is 0.167 e. The molecule has 0 radical (unpaired) electrons. The van der Waals surface area contributed by atoms with Gasteiger partial charge in [-0.25, -0.2) is 8.78 Å². The second kappa shape index (κ2) is 13.2. The minimum atomic E-state index is -0.579. The topological polar surface area (TPSA) is 18.5 Å². The molecule has 4 heteroatoms. The first-order chi connectivity index (χ1) is 13.0. The molecule has 1 aromatic rings. The minimum Gasteiger partial charge on any atom is -0.353 e. The molecule has 0 spiro atoms. The van der Waals surface area contributed by atoms with E-state index in [0.717, 1.165) is 31.7 Å². The first-order valence-corrected chi connectivity index (χ1v) is 10.5. The van der Waals surface area contributed by atoms with E-state index in [4.69, 9.17) is 9.47 Å². The highest BCUT2D eigenvalue weighted by molar-refractivity contribution is 5.18. The number of ether oxygens (including phenoxy) is 2. The van der Waals surface area contributed by atoms with E-state index in [1.165, 1.54) is 44.6 Å². The van der Waals surface area contributed by atoms with Crippen molar-refractivity contribution in [3.05, 3.63) is 35.4 Å². The van der Waals surface area contributed by atoms with Gasteiger partial charge in [-0.15, -0.1) is 0 Å². The van der Waals surface area contributed by atoms with Gasteiger partial charge in [-0.05, 0) is 44.2 Å². The van der Waals surface area contributed by atoms with Gasteiger partial charge in [0, 0.05) is 26.2 Å². The first kappa shape index (κ1) is 24.0. The Bertz CT molecular complexity index is 515. The molecule has 1 aromatic carbocycles. The minimum absolute atomic E-state index is 0.316. The Kier molecular flexibility index (Phi) is 11.8. The van der Waals surface area contributed by atoms with Crippen LogP contribution in [0.15, 0.2) is 18.2 Å². The Balaban J connectivity index is 2.45. The molecule has 0 saturated heterocycles. The van der Waals surface area contributed by atoms with Crippen LogP contribution in [0.25, 0.3) is 0 Å². The van der Waals surface area contributed by atoms with Crippen molar-refractivity contribution in [1.29, 1.82) is 0 Å². The van der Waals surface area contributed by atoms with Crippen LogP contribution in [-0.2, 0) is 15.9 Å². The number of rotatable bonds is 15. The smallest absolute Gasteiger partial charge is 0.167 e. The molecular weight excluding hydrogens is 346 g/mol. The van der Waals surface area contributed by atoms with E-state index in [-0.39, 0.29) is 0 Å². The van der Waals surface area contributed by atoms with Crippen molar-refractivity contribution in [1.82, 2.24) is 0 Å². The summed E-state index contributed by atoms with van der Waals surface area (Å²) in [6.07, 6.45) is 12.2. The van der Waals surface area contributed by atoms with Crippen molar-refractivity contribution in [2.75, 3.05) is 14.2 Å². The number of hydrogen-bond acceptors (Lipinski definition) is 2. The highest BCUT2D eigenvalue weighted by Crippen LogP contribution is 2.32. The van der Waals surface area contributed by atoms with Gasteiger partial charge in [-0.2, -0.15) is 0 Å². The number of methoxy groups -OCH3 is 2. The highest BCUT2D eigenvalue weighted by Gasteiger charge is 2.33. The maximum atomic E-state index is 13.7. The monoisotopic (exact) mass is 384 g/mol. The van der Waals surface area contributed by atoms with Crippen LogP contribution in [0.3, 0.4) is 0 Å². The van der Waals surface area contributed by atoms with Gasteiger partial charge < -0.3 is 9.47 Å². The molecule has 156 valence electrons. The molecule has 1 unspecified atom stereocenters. The largest absolute Gasteiger partial charge is 0.353 e. The van der Waals surface area contributed by atoms with Crippen LogP contribution in [0, 0.1) is 17.6 Å². The zero-order valence-electron chi connectivity index (χ0n) is 17.7. The second-order valence-corrected chi connectivity index (χ2v) is 7.66. The third-order valence-corrected chi connectivity index (χ3v) is 5.72. The summed E-state index contributed by atoms with van der Waals surface area (Å²) in [6, 6.07) is 3.84. The predicted octanol–water partition coefficient (Wildman–Crippen LogP) is 7.05. The normalized spacial score (nSPS) is 13.1. The first-order valence-electron chi connectivity index (χ1n) is 10.5. The average Bonchev–Trinajstić information content (AvgIpc) is 2.66. The molecule has 27 heavy (non-hydrogen) atoms. The van der Waals surface area contributed by atoms with Crippen LogP contribution in [0.2, 0.25) is 0 Å². The average molecular weight is 385 g/mol. The van der Waals surface area contributed by atoms with Crippen molar-refractivity contribution in [2.24, 2.45) is 5.92 Å². The highest BCUT2D eigenvalue weighted by atomic mass is 19.1. The molecule has 0 saturated carbocycles. The van der Waals surface area contributed by atoms with Crippen molar-refractivity contribution in [2.45, 2.75) is 90.3 Å². The fraction of sp³-hybridized carbons (Fsp3) is 0.739. The van der Waals surface area contributed by atoms with E-state index in [9.17, 15) is 8.78 Å². The Hall–Kier alpha value is -1.00. The summed E-state index contributed by atoms with van der Waals surface area (Å²) < 4.78 is 38.1. The fourth-order valence-electron chi connectivity index (χ4n) is 3.69. The number of benzene rings is 1. The predicted molar refractivity (Wildman–Crippen MR) is 108 cm³/mol. The number of aryl methyl sites for hydroxylation is 1. The molecule has 2 nitrogen and oxygen atoms in total. The van der Waals surface area contributed by atoms with Gasteiger partial charge in [0.05, 0.1) is 0 Å². The molecule has 0 amide bonds. The van der Waals surface area contributed by atoms with E-state index >= 15 is 0 Å². The molecule has 0 aliphatic heterocycles. The molecule has 0 aromatic heterocycles. The Labute approximate surface area is 164 Å². The van der Waals surface area contributed by atoms with Gasteiger partial charge in [-0.3, -0.25) is 0 Å². The van der Waals surface area contributed by atoms with Gasteiger partial charge in [0.25, 0.3) is 0 Å². The molecule has 0 aliphatic rings. The fourth-order valence-corrected chi connectivity index (χ4v) is 3.69. The Morgan fingerprint density at radius 2 is 1.48 bits per heavy atom. The number of hydrogen-bond donors (Lipinski definition) is 0. The number of halogens is 2. The van der Waals surface area contributed by atoms with Crippen LogP contribution in [0.4, 0.5) is 8.78 Å². The van der Waals surface area contributed by atoms with Gasteiger partial charge >= 0.3 is 0 Å². The molecular formula is C23H38F2O2. The summed E-state index contributed by atoms with van der Waals surface area (Å²) in [5, 5.41) is 0. The summed E-state index contributed by atoms with van der Waals surface area (Å²) in [5.41, 5.74) is 0.588. The van der Waals surface area contributed by atoms with Crippen molar-refractivity contribution >= 4 is 0 Å². The van der Waals surface area contributed by atoms with E-state index in [0.29, 0.717) is 17.9 Å². The molecule has 1 atom stereocenters. The van der Waals surface area contributed by atoms with Crippen LogP contribution in [0.5, 0.6) is 0 Å². The lowest BCUT2D eigenvalue weighted by atomic mass is 9.87. The third-order valence-electron chi connectivity index (χ3n) is 5.72. The Morgan fingerprint density at radius 3 is 2.07 bits per heavy atom.